The van der Waals surface area contributed by atoms with Gasteiger partial charge in [-0.3, -0.25) is 0 Å². The van der Waals surface area contributed by atoms with E-state index >= 15 is 0 Å². The van der Waals surface area contributed by atoms with Crippen LogP contribution in [0.3, 0.4) is 0 Å². The van der Waals surface area contributed by atoms with E-state index in [4.69, 9.17) is 0 Å². The van der Waals surface area contributed by atoms with Crippen LogP contribution in [0.5, 0.6) is 0 Å². The summed E-state index contributed by atoms with van der Waals surface area (Å²) in [6.07, 6.45) is 9.70. The second kappa shape index (κ2) is 12.1. The predicted octanol–water partition coefficient (Wildman–Crippen LogP) is 6.66. The molecule has 0 aliphatic heterocycles. The molecule has 0 amide bonds. The zero-order valence-electron chi connectivity index (χ0n) is 15.4. The van der Waals surface area contributed by atoms with E-state index in [1.54, 1.807) is 0 Å². The van der Waals surface area contributed by atoms with Gasteiger partial charge in [0.25, 0.3) is 0 Å². The number of hydrogen-bond donors (Lipinski definition) is 1. The van der Waals surface area contributed by atoms with Gasteiger partial charge in [0.2, 0.25) is 0 Å². The van der Waals surface area contributed by atoms with Crippen LogP contribution in [0.2, 0.25) is 13.3 Å². The monoisotopic (exact) mass is 424 g/mol. The van der Waals surface area contributed by atoms with Crippen molar-refractivity contribution in [1.29, 1.82) is 0 Å². The van der Waals surface area contributed by atoms with Crippen LogP contribution >= 0.6 is 0 Å². The Bertz CT molecular complexity index is 405. The van der Waals surface area contributed by atoms with Gasteiger partial charge < -0.3 is 0 Å². The summed E-state index contributed by atoms with van der Waals surface area (Å²) in [5, 5.41) is 10.5. The van der Waals surface area contributed by atoms with E-state index in [1.165, 1.54) is 51.8 Å². The van der Waals surface area contributed by atoms with Crippen LogP contribution in [0, 0.1) is 0 Å². The fraction of sp³-hybridized carbons (Fsp3) is 0.619. The van der Waals surface area contributed by atoms with Crippen LogP contribution in [-0.4, -0.2) is 23.5 Å². The summed E-state index contributed by atoms with van der Waals surface area (Å²) < 4.78 is 6.95. The Morgan fingerprint density at radius 2 is 1.35 bits per heavy atom. The maximum atomic E-state index is 10.5. The number of benzene rings is 1. The van der Waals surface area contributed by atoms with Crippen molar-refractivity contribution >= 4 is 18.4 Å². The summed E-state index contributed by atoms with van der Waals surface area (Å²) in [7, 11) is 0. The molecule has 1 N–H and O–H groups in total. The average Bonchev–Trinajstić information content (AvgIpc) is 2.61. The molecule has 1 aromatic carbocycles. The Labute approximate surface area is 148 Å². The topological polar surface area (TPSA) is 20.2 Å². The normalized spacial score (nSPS) is 13.6. The van der Waals surface area contributed by atoms with Crippen molar-refractivity contribution in [2.24, 2.45) is 0 Å². The molecule has 0 aliphatic rings. The van der Waals surface area contributed by atoms with Gasteiger partial charge in [-0.15, -0.1) is 0 Å². The zero-order valence-corrected chi connectivity index (χ0v) is 18.3. The van der Waals surface area contributed by atoms with Crippen LogP contribution in [0.15, 0.2) is 40.5 Å². The van der Waals surface area contributed by atoms with Gasteiger partial charge in [-0.1, -0.05) is 0 Å². The summed E-state index contributed by atoms with van der Waals surface area (Å²) >= 11 is -2.25. The molecule has 0 saturated carbocycles. The Hall–Kier alpha value is -0.281. The molecule has 1 nitrogen and oxygen atoms in total. The van der Waals surface area contributed by atoms with E-state index in [0.717, 1.165) is 5.56 Å². The Morgan fingerprint density at radius 3 is 1.78 bits per heavy atom. The van der Waals surface area contributed by atoms with Gasteiger partial charge >= 0.3 is 148 Å². The molecule has 2 heteroatoms. The van der Waals surface area contributed by atoms with Crippen molar-refractivity contribution in [1.82, 2.24) is 0 Å². The first-order valence-electron chi connectivity index (χ1n) is 9.59. The summed E-state index contributed by atoms with van der Waals surface area (Å²) in [6, 6.07) is 10.1. The molecule has 0 unspecified atom stereocenters. The molecule has 0 spiro atoms. The van der Waals surface area contributed by atoms with Crippen LogP contribution in [-0.2, 0) is 0 Å². The number of rotatable bonds is 12. The van der Waals surface area contributed by atoms with E-state index in [1.807, 2.05) is 30.3 Å². The van der Waals surface area contributed by atoms with Crippen LogP contribution in [0.25, 0.3) is 0 Å². The molecule has 0 bridgehead atoms. The quantitative estimate of drug-likeness (QED) is 0.373. The molecule has 0 radical (unpaired) electrons. The molecule has 0 aromatic heterocycles. The van der Waals surface area contributed by atoms with E-state index in [0.29, 0.717) is 0 Å². The second-order valence-corrected chi connectivity index (χ2v) is 19.9. The molecule has 1 aromatic rings. The minimum absolute atomic E-state index is 0.433. The summed E-state index contributed by atoms with van der Waals surface area (Å²) in [4.78, 5) is 0. The number of unbranched alkanes of at least 4 members (excludes halogenated alkanes) is 3. The van der Waals surface area contributed by atoms with E-state index in [2.05, 4.69) is 30.9 Å². The summed E-state index contributed by atoms with van der Waals surface area (Å²) in [5.74, 6) is 0. The third kappa shape index (κ3) is 7.89. The van der Waals surface area contributed by atoms with E-state index in [-0.39, 0.29) is 0 Å². The first kappa shape index (κ1) is 20.8. The van der Waals surface area contributed by atoms with E-state index in [9.17, 15) is 5.11 Å². The van der Waals surface area contributed by atoms with Crippen molar-refractivity contribution in [3.05, 3.63) is 46.1 Å². The third-order valence-corrected chi connectivity index (χ3v) is 19.0. The Kier molecular flexibility index (Phi) is 11.0. The fourth-order valence-corrected chi connectivity index (χ4v) is 17.6. The van der Waals surface area contributed by atoms with Gasteiger partial charge in [0.15, 0.2) is 0 Å². The van der Waals surface area contributed by atoms with Crippen LogP contribution < -0.4 is 0 Å². The second-order valence-electron chi connectivity index (χ2n) is 6.89. The molecule has 0 heterocycles. The SMILES string of the molecule is CCC[CH2][Sn](/[CH]=C/[C@H](O)c1ccccc1)([CH2]CCC)[CH2]CCC. The first-order valence-corrected chi connectivity index (χ1v) is 17.3. The fourth-order valence-electron chi connectivity index (χ4n) is 3.27. The number of hydrogen-bond acceptors (Lipinski definition) is 1. The van der Waals surface area contributed by atoms with Crippen molar-refractivity contribution in [3.8, 4) is 0 Å². The summed E-state index contributed by atoms with van der Waals surface area (Å²) in [5.41, 5.74) is 1.02. The average molecular weight is 423 g/mol. The molecule has 130 valence electrons. The molecule has 0 fully saturated rings. The minimum atomic E-state index is -2.25. The van der Waals surface area contributed by atoms with Crippen LogP contribution in [0.4, 0.5) is 0 Å². The van der Waals surface area contributed by atoms with Crippen molar-refractivity contribution in [2.75, 3.05) is 0 Å². The first-order chi connectivity index (χ1) is 11.2. The summed E-state index contributed by atoms with van der Waals surface area (Å²) in [6.45, 7) is 6.91. The maximum absolute atomic E-state index is 10.5. The molecular weight excluding hydrogens is 387 g/mol. The van der Waals surface area contributed by atoms with E-state index < -0.39 is 24.5 Å². The molecular formula is C21H36OSn. The van der Waals surface area contributed by atoms with Gasteiger partial charge in [0.1, 0.15) is 0 Å². The van der Waals surface area contributed by atoms with Gasteiger partial charge in [-0.25, -0.2) is 0 Å². The third-order valence-electron chi connectivity index (χ3n) is 4.86. The Balaban J connectivity index is 2.88. The molecule has 1 rings (SSSR count). The van der Waals surface area contributed by atoms with Crippen molar-refractivity contribution in [3.63, 3.8) is 0 Å². The standard InChI is InChI=1S/C9H9O.3C4H9.Sn/c1-2-9(10)8-6-4-3-5-7-8;3*1-3-4-2;/h1-7,9-10H;3*1,3-4H2,2H3;/t9-;;;;/m0..../s1. The molecule has 0 aliphatic carbocycles. The van der Waals surface area contributed by atoms with Crippen molar-refractivity contribution in [2.45, 2.75) is 78.7 Å². The molecule has 23 heavy (non-hydrogen) atoms. The molecule has 0 saturated heterocycles. The molecule has 1 atom stereocenters. The van der Waals surface area contributed by atoms with Gasteiger partial charge in [-0.2, -0.15) is 0 Å². The van der Waals surface area contributed by atoms with Gasteiger partial charge in [0, 0.05) is 0 Å². The number of aliphatic hydroxyl groups is 1. The zero-order chi connectivity index (χ0) is 17.0. The van der Waals surface area contributed by atoms with Crippen molar-refractivity contribution < 1.29 is 5.11 Å². The number of aliphatic hydroxyl groups excluding tert-OH is 1. The predicted molar refractivity (Wildman–Crippen MR) is 105 cm³/mol. The Morgan fingerprint density at radius 1 is 0.870 bits per heavy atom. The van der Waals surface area contributed by atoms with Crippen LogP contribution in [0.1, 0.15) is 71.0 Å². The van der Waals surface area contributed by atoms with Gasteiger partial charge in [-0.05, 0) is 0 Å². The van der Waals surface area contributed by atoms with Gasteiger partial charge in [0.05, 0.1) is 0 Å².